The summed E-state index contributed by atoms with van der Waals surface area (Å²) in [5, 5.41) is 11.2. The van der Waals surface area contributed by atoms with Crippen molar-refractivity contribution < 1.29 is 9.59 Å². The molecule has 0 aliphatic carbocycles. The number of nitrogens with zero attached hydrogens (tertiary/aromatic N) is 5. The highest BCUT2D eigenvalue weighted by Crippen LogP contribution is 2.18. The van der Waals surface area contributed by atoms with Crippen LogP contribution in [0.3, 0.4) is 0 Å². The third kappa shape index (κ3) is 4.59. The zero-order valence-electron chi connectivity index (χ0n) is 16.2. The number of nitrogens with one attached hydrogen (secondary N) is 1. The van der Waals surface area contributed by atoms with E-state index in [9.17, 15) is 9.59 Å². The lowest BCUT2D eigenvalue weighted by atomic mass is 9.96. The molecule has 3 aromatic rings. The van der Waals surface area contributed by atoms with Crippen LogP contribution in [0.1, 0.15) is 18.5 Å². The number of rotatable bonds is 7. The molecule has 8 nitrogen and oxygen atoms in total. The van der Waals surface area contributed by atoms with Crippen molar-refractivity contribution in [2.45, 2.75) is 25.8 Å². The molecule has 0 bridgehead atoms. The van der Waals surface area contributed by atoms with Gasteiger partial charge >= 0.3 is 0 Å². The molecule has 2 amide bonds. The number of aromatic nitrogens is 4. The molecule has 150 valence electrons. The molecule has 1 atom stereocenters. The fraction of sp³-hybridized carbons (Fsp3) is 0.381. The normalized spacial score (nSPS) is 16.9. The molecule has 1 aliphatic rings. The predicted molar refractivity (Wildman–Crippen MR) is 108 cm³/mol. The van der Waals surface area contributed by atoms with Gasteiger partial charge in [0, 0.05) is 44.4 Å². The first-order chi connectivity index (χ1) is 14.2. The van der Waals surface area contributed by atoms with Crippen LogP contribution >= 0.6 is 0 Å². The molecule has 1 unspecified atom stereocenters. The Morgan fingerprint density at radius 2 is 2.00 bits per heavy atom. The van der Waals surface area contributed by atoms with E-state index in [1.165, 1.54) is 0 Å². The number of hydrogen-bond donors (Lipinski definition) is 1. The molecule has 2 aromatic heterocycles. The number of amides is 2. The van der Waals surface area contributed by atoms with Crippen LogP contribution in [0.5, 0.6) is 0 Å². The molecule has 0 spiro atoms. The second-order valence-corrected chi connectivity index (χ2v) is 7.24. The summed E-state index contributed by atoms with van der Waals surface area (Å²) in [5.41, 5.74) is 2.74. The summed E-state index contributed by atoms with van der Waals surface area (Å²) in [7, 11) is 0. The molecule has 0 saturated carbocycles. The summed E-state index contributed by atoms with van der Waals surface area (Å²) in [6.45, 7) is 2.08. The van der Waals surface area contributed by atoms with Gasteiger partial charge in [-0.3, -0.25) is 14.6 Å². The number of benzene rings is 1. The van der Waals surface area contributed by atoms with Gasteiger partial charge in [0.15, 0.2) is 0 Å². The van der Waals surface area contributed by atoms with Crippen LogP contribution in [0.25, 0.3) is 11.0 Å². The summed E-state index contributed by atoms with van der Waals surface area (Å²) < 4.78 is 1.79. The third-order valence-electron chi connectivity index (χ3n) is 5.28. The van der Waals surface area contributed by atoms with Crippen molar-refractivity contribution in [2.24, 2.45) is 5.92 Å². The van der Waals surface area contributed by atoms with Crippen molar-refractivity contribution in [3.8, 4) is 0 Å². The van der Waals surface area contributed by atoms with Crippen molar-refractivity contribution in [3.05, 3.63) is 54.4 Å². The second-order valence-electron chi connectivity index (χ2n) is 7.24. The minimum absolute atomic E-state index is 0.00948. The molecule has 8 heteroatoms. The average molecular weight is 392 g/mol. The Bertz CT molecular complexity index is 987. The van der Waals surface area contributed by atoms with Gasteiger partial charge in [-0.25, -0.2) is 4.68 Å². The van der Waals surface area contributed by atoms with E-state index in [0.29, 0.717) is 45.4 Å². The zero-order valence-corrected chi connectivity index (χ0v) is 16.2. The number of para-hydroxylation sites is 1. The Hall–Kier alpha value is -3.29. The molecular formula is C21H24N6O2. The number of hydrogen-bond acceptors (Lipinski definition) is 5. The van der Waals surface area contributed by atoms with Crippen LogP contribution in [0, 0.1) is 5.92 Å². The highest BCUT2D eigenvalue weighted by molar-refractivity contribution is 5.83. The highest BCUT2D eigenvalue weighted by Gasteiger charge is 2.29. The Labute approximate surface area is 168 Å². The number of piperidine rings is 1. The van der Waals surface area contributed by atoms with Crippen molar-refractivity contribution in [3.63, 3.8) is 0 Å². The lowest BCUT2D eigenvalue weighted by Gasteiger charge is -2.32. The smallest absolute Gasteiger partial charge is 0.224 e. The standard InChI is InChI=1S/C21H24N6O2/c28-20-9-8-16(15-26(20)13-10-17-5-3-4-11-22-17)21(29)23-12-14-27-19-7-2-1-6-18(19)24-25-27/h1-7,11,16H,8-10,12-15H2,(H,23,29). The maximum Gasteiger partial charge on any atom is 0.224 e. The van der Waals surface area contributed by atoms with E-state index in [0.717, 1.165) is 16.7 Å². The monoisotopic (exact) mass is 392 g/mol. The van der Waals surface area contributed by atoms with Gasteiger partial charge in [-0.1, -0.05) is 23.4 Å². The maximum atomic E-state index is 12.6. The molecule has 3 heterocycles. The summed E-state index contributed by atoms with van der Waals surface area (Å²) >= 11 is 0. The third-order valence-corrected chi connectivity index (χ3v) is 5.28. The van der Waals surface area contributed by atoms with E-state index in [4.69, 9.17) is 0 Å². The first-order valence-corrected chi connectivity index (χ1v) is 9.94. The molecule has 4 rings (SSSR count). The van der Waals surface area contributed by atoms with Crippen LogP contribution in [0.15, 0.2) is 48.7 Å². The summed E-state index contributed by atoms with van der Waals surface area (Å²) in [5.74, 6) is -0.0762. The Morgan fingerprint density at radius 1 is 1.14 bits per heavy atom. The van der Waals surface area contributed by atoms with Crippen molar-refractivity contribution in [2.75, 3.05) is 19.6 Å². The van der Waals surface area contributed by atoms with Crippen LogP contribution in [-0.4, -0.2) is 56.3 Å². The number of fused-ring (bicyclic) bond motifs is 1. The second kappa shape index (κ2) is 8.81. The topological polar surface area (TPSA) is 93.0 Å². The minimum atomic E-state index is -0.177. The van der Waals surface area contributed by atoms with Crippen LogP contribution in [-0.2, 0) is 22.6 Å². The maximum absolute atomic E-state index is 12.6. The molecule has 1 saturated heterocycles. The van der Waals surface area contributed by atoms with Gasteiger partial charge in [-0.05, 0) is 30.7 Å². The van der Waals surface area contributed by atoms with Gasteiger partial charge in [-0.2, -0.15) is 0 Å². The van der Waals surface area contributed by atoms with Crippen molar-refractivity contribution in [1.29, 1.82) is 0 Å². The Morgan fingerprint density at radius 3 is 2.86 bits per heavy atom. The van der Waals surface area contributed by atoms with Gasteiger partial charge in [0.25, 0.3) is 0 Å². The molecule has 29 heavy (non-hydrogen) atoms. The van der Waals surface area contributed by atoms with Gasteiger partial charge in [-0.15, -0.1) is 5.10 Å². The van der Waals surface area contributed by atoms with Crippen LogP contribution in [0.2, 0.25) is 0 Å². The van der Waals surface area contributed by atoms with E-state index in [2.05, 4.69) is 20.6 Å². The average Bonchev–Trinajstić information content (AvgIpc) is 3.17. The fourth-order valence-corrected chi connectivity index (χ4v) is 3.65. The molecular weight excluding hydrogens is 368 g/mol. The van der Waals surface area contributed by atoms with Crippen molar-refractivity contribution >= 4 is 22.8 Å². The number of carbonyl (C=O) groups is 2. The number of carbonyl (C=O) groups excluding carboxylic acids is 2. The lowest BCUT2D eigenvalue weighted by molar-refractivity contribution is -0.138. The molecule has 1 fully saturated rings. The minimum Gasteiger partial charge on any atom is -0.354 e. The Kier molecular flexibility index (Phi) is 5.79. The van der Waals surface area contributed by atoms with Gasteiger partial charge in [0.2, 0.25) is 11.8 Å². The van der Waals surface area contributed by atoms with Gasteiger partial charge < -0.3 is 10.2 Å². The van der Waals surface area contributed by atoms with E-state index >= 15 is 0 Å². The number of likely N-dealkylation sites (tertiary alicyclic amines) is 1. The van der Waals surface area contributed by atoms with E-state index < -0.39 is 0 Å². The largest absolute Gasteiger partial charge is 0.354 e. The highest BCUT2D eigenvalue weighted by atomic mass is 16.2. The van der Waals surface area contributed by atoms with Crippen LogP contribution in [0.4, 0.5) is 0 Å². The lowest BCUT2D eigenvalue weighted by Crippen LogP contribution is -2.46. The molecule has 1 aliphatic heterocycles. The predicted octanol–water partition coefficient (Wildman–Crippen LogP) is 1.42. The zero-order chi connectivity index (χ0) is 20.1. The summed E-state index contributed by atoms with van der Waals surface area (Å²) in [6.07, 6.45) is 3.45. The van der Waals surface area contributed by atoms with Crippen LogP contribution < -0.4 is 5.32 Å². The quantitative estimate of drug-likeness (QED) is 0.656. The van der Waals surface area contributed by atoms with Crippen molar-refractivity contribution in [1.82, 2.24) is 30.2 Å². The number of pyridine rings is 1. The van der Waals surface area contributed by atoms with E-state index in [-0.39, 0.29) is 17.7 Å². The molecule has 1 aromatic carbocycles. The van der Waals surface area contributed by atoms with Gasteiger partial charge in [0.05, 0.1) is 18.0 Å². The first-order valence-electron chi connectivity index (χ1n) is 9.94. The molecule has 0 radical (unpaired) electrons. The van der Waals surface area contributed by atoms with E-state index in [1.54, 1.807) is 15.8 Å². The van der Waals surface area contributed by atoms with E-state index in [1.807, 2.05) is 42.5 Å². The Balaban J connectivity index is 1.27. The first kappa shape index (κ1) is 19.0. The summed E-state index contributed by atoms with van der Waals surface area (Å²) in [4.78, 5) is 30.9. The molecule has 1 N–H and O–H groups in total. The van der Waals surface area contributed by atoms with Gasteiger partial charge in [0.1, 0.15) is 5.52 Å². The summed E-state index contributed by atoms with van der Waals surface area (Å²) in [6, 6.07) is 13.5. The SMILES string of the molecule is O=C(NCCn1nnc2ccccc21)C1CCC(=O)N(CCc2ccccn2)C1. The fourth-order valence-electron chi connectivity index (χ4n) is 3.65.